The van der Waals surface area contributed by atoms with Crippen molar-refractivity contribution in [2.75, 3.05) is 0 Å². The second kappa shape index (κ2) is 4.58. The Hall–Kier alpha value is -2.61. The molecule has 2 heteroatoms. The molecule has 1 aromatic rings. The van der Waals surface area contributed by atoms with E-state index in [9.17, 15) is 4.79 Å². The van der Waals surface area contributed by atoms with E-state index in [2.05, 4.69) is 24.3 Å². The van der Waals surface area contributed by atoms with Crippen molar-refractivity contribution in [1.29, 1.82) is 0 Å². The molecule has 0 atom stereocenters. The van der Waals surface area contributed by atoms with E-state index < -0.39 is 5.97 Å². The number of rotatable bonds is 2. The smallest absolute Gasteiger partial charge is 0.335 e. The van der Waals surface area contributed by atoms with E-state index in [0.29, 0.717) is 5.56 Å². The molecule has 19 heavy (non-hydrogen) atoms. The molecule has 0 unspecified atom stereocenters. The van der Waals surface area contributed by atoms with Gasteiger partial charge in [-0.2, -0.15) is 0 Å². The average Bonchev–Trinajstić information content (AvgIpc) is 2.68. The summed E-state index contributed by atoms with van der Waals surface area (Å²) in [5, 5.41) is 8.91. The van der Waals surface area contributed by atoms with Crippen molar-refractivity contribution in [2.45, 2.75) is 0 Å². The highest BCUT2D eigenvalue weighted by Gasteiger charge is 2.10. The van der Waals surface area contributed by atoms with E-state index >= 15 is 0 Å². The summed E-state index contributed by atoms with van der Waals surface area (Å²) in [6.45, 7) is 0. The van der Waals surface area contributed by atoms with Crippen molar-refractivity contribution in [3.05, 3.63) is 72.3 Å². The Morgan fingerprint density at radius 1 is 0.684 bits per heavy atom. The first-order valence-corrected chi connectivity index (χ1v) is 6.07. The van der Waals surface area contributed by atoms with Gasteiger partial charge in [-0.05, 0) is 34.4 Å². The quantitative estimate of drug-likeness (QED) is 0.739. The number of aromatic carboxylic acids is 1. The maximum atomic E-state index is 10.9. The third kappa shape index (κ3) is 2.08. The Morgan fingerprint density at radius 3 is 2.00 bits per heavy atom. The summed E-state index contributed by atoms with van der Waals surface area (Å²) < 4.78 is 0. The van der Waals surface area contributed by atoms with E-state index in [1.807, 2.05) is 30.3 Å². The lowest BCUT2D eigenvalue weighted by Crippen LogP contribution is -1.94. The maximum absolute atomic E-state index is 10.9. The molecule has 0 fully saturated rings. The van der Waals surface area contributed by atoms with Gasteiger partial charge in [-0.15, -0.1) is 0 Å². The van der Waals surface area contributed by atoms with Gasteiger partial charge in [-0.1, -0.05) is 54.6 Å². The van der Waals surface area contributed by atoms with Gasteiger partial charge in [0.2, 0.25) is 0 Å². The second-order valence-corrected chi connectivity index (χ2v) is 4.41. The first-order chi connectivity index (χ1) is 9.25. The molecule has 0 heterocycles. The first kappa shape index (κ1) is 11.5. The van der Waals surface area contributed by atoms with E-state index in [1.54, 1.807) is 12.1 Å². The fourth-order valence-corrected chi connectivity index (χ4v) is 2.26. The van der Waals surface area contributed by atoms with Gasteiger partial charge >= 0.3 is 5.97 Å². The van der Waals surface area contributed by atoms with Crippen LogP contribution in [0, 0.1) is 0 Å². The molecule has 0 saturated carbocycles. The lowest BCUT2D eigenvalue weighted by atomic mass is 10.0. The van der Waals surface area contributed by atoms with E-state index in [1.165, 1.54) is 11.1 Å². The summed E-state index contributed by atoms with van der Waals surface area (Å²) in [6.07, 6.45) is 0. The number of carbonyl (C=O) groups is 1. The third-order valence-corrected chi connectivity index (χ3v) is 3.23. The predicted octanol–water partition coefficient (Wildman–Crippen LogP) is 4.16. The monoisotopic (exact) mass is 248 g/mol. The highest BCUT2D eigenvalue weighted by molar-refractivity contribution is 5.90. The predicted molar refractivity (Wildman–Crippen MR) is 75.5 cm³/mol. The van der Waals surface area contributed by atoms with Crippen LogP contribution in [0.1, 0.15) is 10.4 Å². The summed E-state index contributed by atoms with van der Waals surface area (Å²) in [5.74, 6) is -0.898. The Labute approximate surface area is 111 Å². The van der Waals surface area contributed by atoms with Gasteiger partial charge in [0, 0.05) is 0 Å². The van der Waals surface area contributed by atoms with Crippen LogP contribution in [0.4, 0.5) is 0 Å². The molecule has 0 saturated heterocycles. The van der Waals surface area contributed by atoms with E-state index in [4.69, 9.17) is 5.11 Å². The topological polar surface area (TPSA) is 37.3 Å². The Bertz CT molecular complexity index is 699. The van der Waals surface area contributed by atoms with Crippen molar-refractivity contribution < 1.29 is 9.90 Å². The van der Waals surface area contributed by atoms with Crippen LogP contribution in [0.3, 0.4) is 0 Å². The van der Waals surface area contributed by atoms with Gasteiger partial charge in [-0.25, -0.2) is 4.79 Å². The summed E-state index contributed by atoms with van der Waals surface area (Å²) in [7, 11) is 0. The number of carboxylic acid groups (broad SMARTS) is 1. The minimum atomic E-state index is -0.898. The zero-order chi connectivity index (χ0) is 13.2. The SMILES string of the molecule is O=C(O)c1ccc(-c2ccc3cccccc2-3)cc1. The maximum Gasteiger partial charge on any atom is 0.335 e. The molecule has 0 bridgehead atoms. The lowest BCUT2D eigenvalue weighted by molar-refractivity contribution is 0.0697. The van der Waals surface area contributed by atoms with Crippen LogP contribution < -0.4 is 0 Å². The molecule has 0 amide bonds. The Morgan fingerprint density at radius 2 is 1.26 bits per heavy atom. The molecule has 0 aliphatic heterocycles. The minimum absolute atomic E-state index is 0.310. The van der Waals surface area contributed by atoms with Crippen LogP contribution in [-0.4, -0.2) is 11.1 Å². The van der Waals surface area contributed by atoms with Crippen molar-refractivity contribution in [2.24, 2.45) is 0 Å². The highest BCUT2D eigenvalue weighted by atomic mass is 16.4. The molecule has 3 rings (SSSR count). The molecule has 2 aliphatic carbocycles. The lowest BCUT2D eigenvalue weighted by Gasteiger charge is -2.03. The Balaban J connectivity index is 2.09. The third-order valence-electron chi connectivity index (χ3n) is 3.23. The van der Waals surface area contributed by atoms with Crippen LogP contribution in [0.5, 0.6) is 0 Å². The summed E-state index contributed by atoms with van der Waals surface area (Å²) >= 11 is 0. The molecule has 0 aromatic heterocycles. The minimum Gasteiger partial charge on any atom is -0.478 e. The van der Waals surface area contributed by atoms with Gasteiger partial charge in [0.15, 0.2) is 0 Å². The molecule has 0 radical (unpaired) electrons. The highest BCUT2D eigenvalue weighted by Crippen LogP contribution is 2.34. The first-order valence-electron chi connectivity index (χ1n) is 6.07. The van der Waals surface area contributed by atoms with Crippen molar-refractivity contribution in [1.82, 2.24) is 0 Å². The summed E-state index contributed by atoms with van der Waals surface area (Å²) in [6, 6.07) is 21.3. The van der Waals surface area contributed by atoms with Crippen LogP contribution in [0.2, 0.25) is 0 Å². The van der Waals surface area contributed by atoms with E-state index in [-0.39, 0.29) is 0 Å². The van der Waals surface area contributed by atoms with Gasteiger partial charge in [0.1, 0.15) is 0 Å². The molecular weight excluding hydrogens is 236 g/mol. The van der Waals surface area contributed by atoms with Crippen molar-refractivity contribution in [3.63, 3.8) is 0 Å². The number of fused-ring (bicyclic) bond motifs is 1. The Kier molecular flexibility index (Phi) is 2.76. The number of hydrogen-bond donors (Lipinski definition) is 1. The summed E-state index contributed by atoms with van der Waals surface area (Å²) in [4.78, 5) is 10.9. The van der Waals surface area contributed by atoms with Gasteiger partial charge in [0.25, 0.3) is 0 Å². The number of hydrogen-bond acceptors (Lipinski definition) is 1. The van der Waals surface area contributed by atoms with Crippen LogP contribution >= 0.6 is 0 Å². The van der Waals surface area contributed by atoms with Gasteiger partial charge in [-0.3, -0.25) is 0 Å². The molecular formula is C17H12O2. The standard InChI is InChI=1S/C17H12O2/c18-17(19)14-8-6-13(7-9-14)16-11-10-12-4-2-1-3-5-15(12)16/h1-11H,(H,18,19). The molecule has 2 nitrogen and oxygen atoms in total. The summed E-state index contributed by atoms with van der Waals surface area (Å²) in [5.41, 5.74) is 4.83. The second-order valence-electron chi connectivity index (χ2n) is 4.41. The van der Waals surface area contributed by atoms with E-state index in [0.717, 1.165) is 11.1 Å². The fraction of sp³-hybridized carbons (Fsp3) is 0. The molecule has 1 aromatic carbocycles. The average molecular weight is 248 g/mol. The van der Waals surface area contributed by atoms with Crippen LogP contribution in [0.15, 0.2) is 66.7 Å². The van der Waals surface area contributed by atoms with Crippen molar-refractivity contribution >= 4 is 5.97 Å². The van der Waals surface area contributed by atoms with Crippen LogP contribution in [0.25, 0.3) is 22.3 Å². The zero-order valence-electron chi connectivity index (χ0n) is 10.2. The fourth-order valence-electron chi connectivity index (χ4n) is 2.26. The zero-order valence-corrected chi connectivity index (χ0v) is 10.2. The van der Waals surface area contributed by atoms with Gasteiger partial charge < -0.3 is 5.11 Å². The molecule has 92 valence electrons. The number of carboxylic acids is 1. The molecule has 1 N–H and O–H groups in total. The van der Waals surface area contributed by atoms with Crippen molar-refractivity contribution in [3.8, 4) is 22.3 Å². The normalized spacial score (nSPS) is 10.5. The molecule has 0 spiro atoms. The van der Waals surface area contributed by atoms with Crippen LogP contribution in [-0.2, 0) is 0 Å². The largest absolute Gasteiger partial charge is 0.478 e. The van der Waals surface area contributed by atoms with Gasteiger partial charge in [0.05, 0.1) is 5.56 Å². The number of benzene rings is 1. The molecule has 2 aliphatic rings.